The average molecular weight is 449 g/mol. The molecule has 0 saturated heterocycles. The zero-order valence-corrected chi connectivity index (χ0v) is 18.1. The number of pyridine rings is 1. The summed E-state index contributed by atoms with van der Waals surface area (Å²) in [6.07, 6.45) is 8.01. The highest BCUT2D eigenvalue weighted by molar-refractivity contribution is 5.69. The van der Waals surface area contributed by atoms with E-state index in [0.717, 1.165) is 24.2 Å². The third-order valence-corrected chi connectivity index (χ3v) is 5.12. The molecule has 0 bridgehead atoms. The Labute approximate surface area is 186 Å². The zero-order chi connectivity index (χ0) is 22.9. The Bertz CT molecular complexity index is 851. The molecule has 0 spiro atoms. The molecule has 8 heteroatoms. The largest absolute Gasteiger partial charge is 0.493 e. The van der Waals surface area contributed by atoms with Crippen LogP contribution in [0.5, 0.6) is 17.4 Å². The molecule has 2 aliphatic carbocycles. The maximum absolute atomic E-state index is 12.1. The molecule has 2 aromatic rings. The molecule has 0 radical (unpaired) electrons. The van der Waals surface area contributed by atoms with E-state index < -0.39 is 18.5 Å². The van der Waals surface area contributed by atoms with E-state index in [1.807, 2.05) is 24.3 Å². The van der Waals surface area contributed by atoms with Crippen LogP contribution in [0.25, 0.3) is 0 Å². The molecule has 174 valence electrons. The van der Waals surface area contributed by atoms with Gasteiger partial charge in [0, 0.05) is 6.07 Å². The summed E-state index contributed by atoms with van der Waals surface area (Å²) in [5.74, 6) is 0.186. The van der Waals surface area contributed by atoms with E-state index in [9.17, 15) is 13.6 Å². The van der Waals surface area contributed by atoms with Crippen LogP contribution in [0.2, 0.25) is 0 Å². The molecule has 1 aromatic carbocycles. The van der Waals surface area contributed by atoms with Gasteiger partial charge in [0.25, 0.3) is 0 Å². The lowest BCUT2D eigenvalue weighted by Gasteiger charge is -2.35. The molecule has 32 heavy (non-hydrogen) atoms. The van der Waals surface area contributed by atoms with Crippen LogP contribution < -0.4 is 14.2 Å². The quantitative estimate of drug-likeness (QED) is 0.527. The highest BCUT2D eigenvalue weighted by Gasteiger charge is 2.31. The van der Waals surface area contributed by atoms with Crippen LogP contribution in [-0.2, 0) is 11.2 Å². The molecule has 1 atom stereocenters. The lowest BCUT2D eigenvalue weighted by molar-refractivity contribution is -0.141. The molecule has 1 unspecified atom stereocenters. The highest BCUT2D eigenvalue weighted by Crippen LogP contribution is 2.32. The second kappa shape index (κ2) is 11.6. The number of hydrogen-bond donors (Lipinski definition) is 1. The summed E-state index contributed by atoms with van der Waals surface area (Å²) in [5.41, 5.74) is 0.930. The number of carboxylic acids is 1. The predicted octanol–water partition coefficient (Wildman–Crippen LogP) is 5.35. The fourth-order valence-electron chi connectivity index (χ4n) is 3.11. The minimum absolute atomic E-state index is 0.0371. The van der Waals surface area contributed by atoms with Crippen LogP contribution >= 0.6 is 0 Å². The van der Waals surface area contributed by atoms with Gasteiger partial charge >= 0.3 is 12.6 Å². The van der Waals surface area contributed by atoms with E-state index >= 15 is 0 Å². The fraction of sp³-hybridized carbons (Fsp3) is 0.500. The Kier molecular flexibility index (Phi) is 8.64. The average Bonchev–Trinajstić information content (AvgIpc) is 3.60. The number of ether oxygens (including phenoxy) is 3. The van der Waals surface area contributed by atoms with Gasteiger partial charge in [0.1, 0.15) is 11.5 Å². The second-order valence-electron chi connectivity index (χ2n) is 8.25. The molecular formula is C24H29F2NO5. The number of carbonyl (C=O) groups is 1. The van der Waals surface area contributed by atoms with Crippen molar-refractivity contribution in [3.8, 4) is 17.4 Å². The van der Waals surface area contributed by atoms with Crippen molar-refractivity contribution < 1.29 is 32.9 Å². The van der Waals surface area contributed by atoms with E-state index in [0.29, 0.717) is 24.7 Å². The van der Waals surface area contributed by atoms with Crippen LogP contribution in [0.3, 0.4) is 0 Å². The molecule has 6 nitrogen and oxygen atoms in total. The van der Waals surface area contributed by atoms with Crippen molar-refractivity contribution in [3.63, 3.8) is 0 Å². The fourth-order valence-corrected chi connectivity index (χ4v) is 3.11. The van der Waals surface area contributed by atoms with E-state index in [2.05, 4.69) is 9.72 Å². The number of rotatable bonds is 10. The highest BCUT2D eigenvalue weighted by atomic mass is 19.3. The van der Waals surface area contributed by atoms with Gasteiger partial charge in [0.15, 0.2) is 0 Å². The first-order valence-electron chi connectivity index (χ1n) is 10.9. The van der Waals surface area contributed by atoms with Gasteiger partial charge in [-0.1, -0.05) is 38.3 Å². The number of aromatic nitrogens is 1. The summed E-state index contributed by atoms with van der Waals surface area (Å²) >= 11 is 0. The maximum atomic E-state index is 12.1. The Balaban J connectivity index is 0.000000887. The van der Waals surface area contributed by atoms with Crippen molar-refractivity contribution >= 4 is 5.97 Å². The van der Waals surface area contributed by atoms with Crippen LogP contribution in [0, 0.1) is 11.8 Å². The molecule has 2 saturated carbocycles. The minimum Gasteiger partial charge on any atom is -0.493 e. The first-order valence-corrected chi connectivity index (χ1v) is 10.9. The SMILES string of the molecule is C1CC1.CC(Cc1cccc(OCC2CC(Oc3ccc(OC(F)F)nc3)C2)c1)C(=O)O. The van der Waals surface area contributed by atoms with Crippen molar-refractivity contribution in [1.29, 1.82) is 0 Å². The van der Waals surface area contributed by atoms with Crippen molar-refractivity contribution in [2.45, 2.75) is 58.2 Å². The standard InChI is InChI=1S/C21H23F2NO5.C3H6/c1-13(20(25)26)7-14-3-2-4-16(8-14)27-12-15-9-18(10-15)28-17-5-6-19(24-11-17)29-21(22)23;1-2-3-1/h2-6,8,11,13,15,18,21H,7,9-10,12H2,1H3,(H,25,26);1-3H2. The third-order valence-electron chi connectivity index (χ3n) is 5.12. The summed E-state index contributed by atoms with van der Waals surface area (Å²) in [5, 5.41) is 9.02. The van der Waals surface area contributed by atoms with Gasteiger partial charge in [-0.3, -0.25) is 4.79 Å². The van der Waals surface area contributed by atoms with Crippen LogP contribution in [0.4, 0.5) is 8.78 Å². The number of nitrogens with zero attached hydrogens (tertiary/aromatic N) is 1. The summed E-state index contributed by atoms with van der Waals surface area (Å²) in [6.45, 7) is -0.667. The normalized spacial score (nSPS) is 19.8. The summed E-state index contributed by atoms with van der Waals surface area (Å²) in [6, 6.07) is 10.4. The van der Waals surface area contributed by atoms with Gasteiger partial charge in [-0.25, -0.2) is 4.98 Å². The van der Waals surface area contributed by atoms with Crippen LogP contribution in [0.15, 0.2) is 42.6 Å². The molecule has 2 fully saturated rings. The molecular weight excluding hydrogens is 420 g/mol. The first-order chi connectivity index (χ1) is 15.4. The first kappa shape index (κ1) is 23.8. The van der Waals surface area contributed by atoms with Crippen molar-refractivity contribution in [3.05, 3.63) is 48.2 Å². The third kappa shape index (κ3) is 8.32. The number of benzene rings is 1. The van der Waals surface area contributed by atoms with Crippen LogP contribution in [0.1, 0.15) is 44.6 Å². The van der Waals surface area contributed by atoms with Gasteiger partial charge in [-0.15, -0.1) is 0 Å². The number of alkyl halides is 2. The van der Waals surface area contributed by atoms with Gasteiger partial charge in [0.05, 0.1) is 24.8 Å². The van der Waals surface area contributed by atoms with E-state index in [1.54, 1.807) is 13.0 Å². The predicted molar refractivity (Wildman–Crippen MR) is 114 cm³/mol. The van der Waals surface area contributed by atoms with Gasteiger partial charge in [0.2, 0.25) is 5.88 Å². The molecule has 4 rings (SSSR count). The lowest BCUT2D eigenvalue weighted by atomic mass is 9.83. The molecule has 1 N–H and O–H groups in total. The topological polar surface area (TPSA) is 77.9 Å². The zero-order valence-electron chi connectivity index (χ0n) is 18.1. The number of aliphatic carboxylic acids is 1. The minimum atomic E-state index is -2.90. The Hall–Kier alpha value is -2.90. The summed E-state index contributed by atoms with van der Waals surface area (Å²) in [4.78, 5) is 14.8. The van der Waals surface area contributed by atoms with Gasteiger partial charge < -0.3 is 19.3 Å². The summed E-state index contributed by atoms with van der Waals surface area (Å²) < 4.78 is 40.0. The number of hydrogen-bond acceptors (Lipinski definition) is 5. The molecule has 1 aromatic heterocycles. The number of carboxylic acid groups (broad SMARTS) is 1. The van der Waals surface area contributed by atoms with E-state index in [1.165, 1.54) is 31.5 Å². The van der Waals surface area contributed by atoms with Crippen molar-refractivity contribution in [2.75, 3.05) is 6.61 Å². The number of halogens is 2. The molecule has 2 aliphatic rings. The molecule has 0 amide bonds. The van der Waals surface area contributed by atoms with E-state index in [-0.39, 0.29) is 12.0 Å². The van der Waals surface area contributed by atoms with Crippen molar-refractivity contribution in [2.24, 2.45) is 11.8 Å². The molecule has 0 aliphatic heterocycles. The van der Waals surface area contributed by atoms with Crippen LogP contribution in [-0.4, -0.2) is 35.4 Å². The van der Waals surface area contributed by atoms with E-state index in [4.69, 9.17) is 14.6 Å². The maximum Gasteiger partial charge on any atom is 0.388 e. The lowest BCUT2D eigenvalue weighted by Crippen LogP contribution is -2.37. The smallest absolute Gasteiger partial charge is 0.388 e. The molecule has 1 heterocycles. The van der Waals surface area contributed by atoms with Gasteiger partial charge in [-0.05, 0) is 48.9 Å². The Morgan fingerprint density at radius 1 is 1.16 bits per heavy atom. The summed E-state index contributed by atoms with van der Waals surface area (Å²) in [7, 11) is 0. The second-order valence-corrected chi connectivity index (χ2v) is 8.25. The van der Waals surface area contributed by atoms with Gasteiger partial charge in [-0.2, -0.15) is 8.78 Å². The Morgan fingerprint density at radius 2 is 1.91 bits per heavy atom. The van der Waals surface area contributed by atoms with Crippen molar-refractivity contribution in [1.82, 2.24) is 4.98 Å². The monoisotopic (exact) mass is 449 g/mol. The Morgan fingerprint density at radius 3 is 2.50 bits per heavy atom.